The molecule has 3 aromatic rings. The minimum atomic E-state index is -0.509. The van der Waals surface area contributed by atoms with Gasteiger partial charge in [0.15, 0.2) is 0 Å². The third-order valence-corrected chi connectivity index (χ3v) is 4.20. The number of nitrogens with zero attached hydrogens (tertiary/aromatic N) is 6. The van der Waals surface area contributed by atoms with E-state index in [1.165, 1.54) is 22.1 Å². The average Bonchev–Trinajstić information content (AvgIpc) is 3.15. The highest BCUT2D eigenvalue weighted by Crippen LogP contribution is 2.27. The Hall–Kier alpha value is -2.85. The van der Waals surface area contributed by atoms with E-state index in [-0.39, 0.29) is 5.82 Å². The lowest BCUT2D eigenvalue weighted by Gasteiger charge is -1.96. The molecule has 0 amide bonds. The van der Waals surface area contributed by atoms with Crippen molar-refractivity contribution in [3.8, 4) is 10.8 Å². The molecular weight excluding hydrogens is 354 g/mol. The Bertz CT molecular complexity index is 921. The number of aromatic nitrogens is 4. The molecule has 2 aromatic heterocycles. The molecule has 9 nitrogen and oxygen atoms in total. The summed E-state index contributed by atoms with van der Waals surface area (Å²) >= 11 is 7.20. The van der Waals surface area contributed by atoms with Gasteiger partial charge in [-0.25, -0.2) is 9.55 Å². The SMILES string of the molecule is Cn1c([N+](=O)[O-])cnc1-c1nnc(N/N=C/c2ccccc2Cl)s1. The van der Waals surface area contributed by atoms with Gasteiger partial charge in [-0.3, -0.25) is 5.43 Å². The molecule has 1 N–H and O–H groups in total. The van der Waals surface area contributed by atoms with Crippen molar-refractivity contribution in [3.05, 3.63) is 51.2 Å². The molecule has 0 aliphatic heterocycles. The fourth-order valence-electron chi connectivity index (χ4n) is 1.86. The van der Waals surface area contributed by atoms with Crippen LogP contribution in [0.5, 0.6) is 0 Å². The van der Waals surface area contributed by atoms with Gasteiger partial charge >= 0.3 is 5.82 Å². The van der Waals surface area contributed by atoms with Crippen LogP contribution in [-0.2, 0) is 7.05 Å². The van der Waals surface area contributed by atoms with E-state index >= 15 is 0 Å². The van der Waals surface area contributed by atoms with Crippen molar-refractivity contribution < 1.29 is 4.92 Å². The number of imidazole rings is 1. The standard InChI is InChI=1S/C13H10ClN7O2S/c1-20-10(21(22)23)7-15-11(20)12-17-19-13(24-12)18-16-6-8-4-2-3-5-9(8)14/h2-7H,1H3,(H,18,19)/b16-6+. The second kappa shape index (κ2) is 6.72. The number of nitrogens with one attached hydrogen (secondary N) is 1. The predicted octanol–water partition coefficient (Wildman–Crippen LogP) is 2.95. The van der Waals surface area contributed by atoms with E-state index in [9.17, 15) is 10.1 Å². The van der Waals surface area contributed by atoms with Crippen LogP contribution in [0.25, 0.3) is 10.8 Å². The van der Waals surface area contributed by atoms with Gasteiger partial charge in [-0.2, -0.15) is 5.10 Å². The van der Waals surface area contributed by atoms with Crippen molar-refractivity contribution in [1.29, 1.82) is 0 Å². The summed E-state index contributed by atoms with van der Waals surface area (Å²) in [6.45, 7) is 0. The summed E-state index contributed by atoms with van der Waals surface area (Å²) in [6, 6.07) is 7.27. The maximum atomic E-state index is 10.8. The van der Waals surface area contributed by atoms with Crippen LogP contribution < -0.4 is 5.43 Å². The summed E-state index contributed by atoms with van der Waals surface area (Å²) in [7, 11) is 1.55. The molecule has 1 aromatic carbocycles. The van der Waals surface area contributed by atoms with Crippen LogP contribution in [0.15, 0.2) is 35.6 Å². The minimum Gasteiger partial charge on any atom is -0.358 e. The Labute approximate surface area is 144 Å². The maximum absolute atomic E-state index is 10.8. The highest BCUT2D eigenvalue weighted by Gasteiger charge is 2.21. The molecule has 0 aliphatic carbocycles. The summed E-state index contributed by atoms with van der Waals surface area (Å²) in [5, 5.41) is 24.2. The quantitative estimate of drug-likeness (QED) is 0.423. The largest absolute Gasteiger partial charge is 0.358 e. The summed E-state index contributed by atoms with van der Waals surface area (Å²) in [6.07, 6.45) is 2.74. The van der Waals surface area contributed by atoms with Crippen LogP contribution in [0.1, 0.15) is 5.56 Å². The third kappa shape index (κ3) is 3.24. The summed E-state index contributed by atoms with van der Waals surface area (Å²) in [5.41, 5.74) is 3.50. The normalized spacial score (nSPS) is 11.1. The third-order valence-electron chi connectivity index (χ3n) is 3.04. The van der Waals surface area contributed by atoms with E-state index < -0.39 is 4.92 Å². The zero-order valence-electron chi connectivity index (χ0n) is 12.3. The van der Waals surface area contributed by atoms with Gasteiger partial charge in [-0.1, -0.05) is 41.1 Å². The number of nitro groups is 1. The fourth-order valence-corrected chi connectivity index (χ4v) is 2.77. The number of hydrogen-bond acceptors (Lipinski definition) is 8. The molecule has 122 valence electrons. The van der Waals surface area contributed by atoms with Gasteiger partial charge in [0.05, 0.1) is 13.3 Å². The van der Waals surface area contributed by atoms with Crippen LogP contribution in [0.2, 0.25) is 5.02 Å². The van der Waals surface area contributed by atoms with Crippen molar-refractivity contribution in [3.63, 3.8) is 0 Å². The maximum Gasteiger partial charge on any atom is 0.342 e. The van der Waals surface area contributed by atoms with E-state index in [0.29, 0.717) is 21.0 Å². The van der Waals surface area contributed by atoms with Crippen LogP contribution in [0.4, 0.5) is 10.9 Å². The van der Waals surface area contributed by atoms with E-state index in [4.69, 9.17) is 11.6 Å². The van der Waals surface area contributed by atoms with Gasteiger partial charge in [0.1, 0.15) is 6.20 Å². The number of hydrogen-bond donors (Lipinski definition) is 1. The van der Waals surface area contributed by atoms with Gasteiger partial charge in [0.2, 0.25) is 10.1 Å². The molecule has 11 heteroatoms. The van der Waals surface area contributed by atoms with Crippen molar-refractivity contribution >= 4 is 40.1 Å². The topological polar surface area (TPSA) is 111 Å². The molecule has 0 spiro atoms. The molecule has 0 radical (unpaired) electrons. The second-order valence-electron chi connectivity index (χ2n) is 4.56. The Morgan fingerprint density at radius 3 is 2.92 bits per heavy atom. The minimum absolute atomic E-state index is 0.119. The smallest absolute Gasteiger partial charge is 0.342 e. The zero-order valence-corrected chi connectivity index (χ0v) is 13.8. The molecule has 0 fully saturated rings. The molecule has 0 atom stereocenters. The molecule has 0 aliphatic rings. The van der Waals surface area contributed by atoms with Crippen molar-refractivity contribution in [2.75, 3.05) is 5.43 Å². The highest BCUT2D eigenvalue weighted by atomic mass is 35.5. The Morgan fingerprint density at radius 2 is 2.21 bits per heavy atom. The van der Waals surface area contributed by atoms with Crippen LogP contribution in [0.3, 0.4) is 0 Å². The van der Waals surface area contributed by atoms with Gasteiger partial charge in [-0.05, 0) is 11.0 Å². The van der Waals surface area contributed by atoms with Crippen LogP contribution >= 0.6 is 22.9 Å². The Morgan fingerprint density at radius 1 is 1.42 bits per heavy atom. The number of anilines is 1. The highest BCUT2D eigenvalue weighted by molar-refractivity contribution is 7.18. The van der Waals surface area contributed by atoms with Crippen molar-refractivity contribution in [2.24, 2.45) is 12.1 Å². The number of hydrazone groups is 1. The molecule has 0 bridgehead atoms. The molecule has 0 saturated carbocycles. The fraction of sp³-hybridized carbons (Fsp3) is 0.0769. The average molecular weight is 364 g/mol. The summed E-state index contributed by atoms with van der Waals surface area (Å²) in [5.74, 6) is 0.244. The van der Waals surface area contributed by atoms with Crippen LogP contribution in [0, 0.1) is 10.1 Å². The first kappa shape index (κ1) is 16.0. The molecule has 24 heavy (non-hydrogen) atoms. The molecule has 3 rings (SSSR count). The van der Waals surface area contributed by atoms with E-state index in [1.54, 1.807) is 19.3 Å². The van der Waals surface area contributed by atoms with E-state index in [2.05, 4.69) is 25.7 Å². The molecular formula is C13H10ClN7O2S. The number of benzene rings is 1. The first-order valence-electron chi connectivity index (χ1n) is 6.60. The summed E-state index contributed by atoms with van der Waals surface area (Å²) < 4.78 is 1.34. The number of halogens is 1. The zero-order chi connectivity index (χ0) is 17.1. The molecule has 0 unspecified atom stereocenters. The summed E-state index contributed by atoms with van der Waals surface area (Å²) in [4.78, 5) is 14.3. The molecule has 2 heterocycles. The lowest BCUT2D eigenvalue weighted by molar-refractivity contribution is -0.391. The van der Waals surface area contributed by atoms with Crippen molar-refractivity contribution in [1.82, 2.24) is 19.7 Å². The molecule has 0 saturated heterocycles. The Kier molecular flexibility index (Phi) is 4.49. The number of rotatable bonds is 5. The monoisotopic (exact) mass is 363 g/mol. The first-order chi connectivity index (χ1) is 11.6. The van der Waals surface area contributed by atoms with Crippen LogP contribution in [-0.4, -0.2) is 30.9 Å². The van der Waals surface area contributed by atoms with E-state index in [0.717, 1.165) is 5.56 Å². The van der Waals surface area contributed by atoms with Gasteiger partial charge in [0, 0.05) is 10.6 Å². The lowest BCUT2D eigenvalue weighted by Crippen LogP contribution is -1.98. The van der Waals surface area contributed by atoms with Gasteiger partial charge < -0.3 is 10.1 Å². The Balaban J connectivity index is 1.75. The first-order valence-corrected chi connectivity index (χ1v) is 7.79. The second-order valence-corrected chi connectivity index (χ2v) is 5.94. The van der Waals surface area contributed by atoms with Gasteiger partial charge in [0.25, 0.3) is 5.82 Å². The lowest BCUT2D eigenvalue weighted by atomic mass is 10.2. The van der Waals surface area contributed by atoms with Crippen molar-refractivity contribution in [2.45, 2.75) is 0 Å². The predicted molar refractivity (Wildman–Crippen MR) is 91.4 cm³/mol. The van der Waals surface area contributed by atoms with E-state index in [1.807, 2.05) is 18.2 Å². The van der Waals surface area contributed by atoms with Gasteiger partial charge in [-0.15, -0.1) is 10.2 Å².